The summed E-state index contributed by atoms with van der Waals surface area (Å²) in [6.07, 6.45) is 1.93. The van der Waals surface area contributed by atoms with Crippen molar-refractivity contribution in [1.29, 1.82) is 0 Å². The zero-order valence-electron chi connectivity index (χ0n) is 16.5. The molecule has 0 fully saturated rings. The van der Waals surface area contributed by atoms with Crippen LogP contribution in [0.5, 0.6) is 0 Å². The number of rotatable bonds is 12. The number of benzene rings is 1. The Bertz CT molecular complexity index is 668. The van der Waals surface area contributed by atoms with E-state index in [9.17, 15) is 14.2 Å². The van der Waals surface area contributed by atoms with Gasteiger partial charge in [0, 0.05) is 6.08 Å². The van der Waals surface area contributed by atoms with Crippen molar-refractivity contribution >= 4 is 19.7 Å². The van der Waals surface area contributed by atoms with E-state index in [1.807, 2.05) is 30.3 Å². The molecule has 0 saturated heterocycles. The van der Waals surface area contributed by atoms with E-state index in [2.05, 4.69) is 5.32 Å². The third kappa shape index (κ3) is 8.69. The largest absolute Gasteiger partial charge is 0.463 e. The maximum absolute atomic E-state index is 13.1. The molecule has 0 aliphatic carbocycles. The zero-order chi connectivity index (χ0) is 20.8. The molecule has 1 amide bonds. The molecule has 1 N–H and O–H groups in total. The summed E-state index contributed by atoms with van der Waals surface area (Å²) in [4.78, 5) is 23.7. The molecule has 0 saturated carbocycles. The molecule has 0 radical (unpaired) electrons. The summed E-state index contributed by atoms with van der Waals surface area (Å²) in [6.45, 7) is 5.61. The standard InChI is InChI=1S/C19H28NO7P/c1-4-24-18(21)14-10-13-17(28(23,26-5-2)27-6-3)20-19(22)25-15-16-11-8-7-9-12-16/h7-12,14,17H,4-6,13,15H2,1-3H3,(H,20,22)/b14-10+/t17-/m0/s1. The molecule has 0 aliphatic rings. The fourth-order valence-electron chi connectivity index (χ4n) is 2.23. The average molecular weight is 413 g/mol. The molecule has 1 atom stereocenters. The molecule has 156 valence electrons. The van der Waals surface area contributed by atoms with Crippen LogP contribution in [-0.4, -0.2) is 37.7 Å². The second-order valence-corrected chi connectivity index (χ2v) is 7.71. The van der Waals surface area contributed by atoms with Crippen molar-refractivity contribution in [3.8, 4) is 0 Å². The molecule has 0 heterocycles. The van der Waals surface area contributed by atoms with Gasteiger partial charge in [0.05, 0.1) is 19.8 Å². The van der Waals surface area contributed by atoms with Gasteiger partial charge >= 0.3 is 19.7 Å². The predicted molar refractivity (Wildman–Crippen MR) is 105 cm³/mol. The minimum Gasteiger partial charge on any atom is -0.463 e. The minimum absolute atomic E-state index is 0.0382. The van der Waals surface area contributed by atoms with Gasteiger partial charge in [0.1, 0.15) is 12.4 Å². The monoisotopic (exact) mass is 413 g/mol. The van der Waals surface area contributed by atoms with Crippen molar-refractivity contribution in [2.24, 2.45) is 0 Å². The lowest BCUT2D eigenvalue weighted by atomic mass is 10.2. The van der Waals surface area contributed by atoms with Crippen molar-refractivity contribution in [3.63, 3.8) is 0 Å². The Balaban J connectivity index is 2.81. The number of nitrogens with one attached hydrogen (secondary N) is 1. The smallest absolute Gasteiger partial charge is 0.408 e. The van der Waals surface area contributed by atoms with Crippen molar-refractivity contribution in [1.82, 2.24) is 5.32 Å². The van der Waals surface area contributed by atoms with E-state index in [1.165, 1.54) is 12.2 Å². The van der Waals surface area contributed by atoms with E-state index in [0.29, 0.717) is 0 Å². The maximum Gasteiger partial charge on any atom is 0.408 e. The van der Waals surface area contributed by atoms with Gasteiger partial charge in [-0.2, -0.15) is 0 Å². The van der Waals surface area contributed by atoms with Gasteiger partial charge in [0.2, 0.25) is 0 Å². The van der Waals surface area contributed by atoms with Crippen LogP contribution in [0.15, 0.2) is 42.5 Å². The Kier molecular flexibility index (Phi) is 11.2. The van der Waals surface area contributed by atoms with Crippen molar-refractivity contribution in [2.45, 2.75) is 39.6 Å². The van der Waals surface area contributed by atoms with Crippen LogP contribution < -0.4 is 5.32 Å². The Hall–Kier alpha value is -2.15. The third-order valence-electron chi connectivity index (χ3n) is 3.40. The molecule has 1 rings (SSSR count). The van der Waals surface area contributed by atoms with Gasteiger partial charge in [0.15, 0.2) is 0 Å². The number of ether oxygens (including phenoxy) is 2. The highest BCUT2D eigenvalue weighted by Gasteiger charge is 2.36. The van der Waals surface area contributed by atoms with Crippen LogP contribution in [0.4, 0.5) is 4.79 Å². The van der Waals surface area contributed by atoms with E-state index in [4.69, 9.17) is 18.5 Å². The fourth-order valence-corrected chi connectivity index (χ4v) is 4.03. The van der Waals surface area contributed by atoms with Crippen molar-refractivity contribution in [3.05, 3.63) is 48.0 Å². The summed E-state index contributed by atoms with van der Waals surface area (Å²) >= 11 is 0. The molecule has 0 unspecified atom stereocenters. The Labute approximate surface area is 165 Å². The quantitative estimate of drug-likeness (QED) is 0.314. The minimum atomic E-state index is -3.67. The van der Waals surface area contributed by atoms with E-state index < -0.39 is 25.4 Å². The molecule has 8 nitrogen and oxygen atoms in total. The van der Waals surface area contributed by atoms with Crippen LogP contribution in [0.25, 0.3) is 0 Å². The highest BCUT2D eigenvalue weighted by molar-refractivity contribution is 7.54. The van der Waals surface area contributed by atoms with E-state index in [0.717, 1.165) is 5.56 Å². The molecule has 0 bridgehead atoms. The van der Waals surface area contributed by atoms with E-state index in [1.54, 1.807) is 20.8 Å². The number of carbonyl (C=O) groups excluding carboxylic acids is 2. The third-order valence-corrected chi connectivity index (χ3v) is 5.74. The van der Waals surface area contributed by atoms with Crippen LogP contribution in [0, 0.1) is 0 Å². The summed E-state index contributed by atoms with van der Waals surface area (Å²) in [5, 5.41) is 2.53. The molecular formula is C19H28NO7P. The lowest BCUT2D eigenvalue weighted by molar-refractivity contribution is -0.137. The Morgan fingerprint density at radius 3 is 2.25 bits per heavy atom. The lowest BCUT2D eigenvalue weighted by Gasteiger charge is -2.26. The molecule has 1 aromatic rings. The van der Waals surface area contributed by atoms with Gasteiger partial charge in [-0.1, -0.05) is 36.4 Å². The van der Waals surface area contributed by atoms with Gasteiger partial charge in [-0.15, -0.1) is 0 Å². The van der Waals surface area contributed by atoms with Gasteiger partial charge in [0.25, 0.3) is 0 Å². The zero-order valence-corrected chi connectivity index (χ0v) is 17.4. The van der Waals surface area contributed by atoms with Gasteiger partial charge in [-0.05, 0) is 32.8 Å². The fraction of sp³-hybridized carbons (Fsp3) is 0.474. The van der Waals surface area contributed by atoms with Crippen LogP contribution in [0.2, 0.25) is 0 Å². The van der Waals surface area contributed by atoms with Crippen LogP contribution in [-0.2, 0) is 34.5 Å². The number of amides is 1. The normalized spacial score (nSPS) is 12.5. The summed E-state index contributed by atoms with van der Waals surface area (Å²) in [5.41, 5.74) is 0.814. The molecule has 9 heteroatoms. The van der Waals surface area contributed by atoms with E-state index in [-0.39, 0.29) is 32.8 Å². The molecule has 28 heavy (non-hydrogen) atoms. The number of esters is 1. The van der Waals surface area contributed by atoms with Gasteiger partial charge < -0.3 is 23.8 Å². The summed E-state index contributed by atoms with van der Waals surface area (Å²) < 4.78 is 33.7. The topological polar surface area (TPSA) is 100 Å². The summed E-state index contributed by atoms with van der Waals surface area (Å²) in [5.74, 6) is -1.54. The molecule has 0 aromatic heterocycles. The number of hydrogen-bond donors (Lipinski definition) is 1. The van der Waals surface area contributed by atoms with Gasteiger partial charge in [-0.3, -0.25) is 4.57 Å². The summed E-state index contributed by atoms with van der Waals surface area (Å²) in [6, 6.07) is 9.15. The van der Waals surface area contributed by atoms with E-state index >= 15 is 0 Å². The maximum atomic E-state index is 13.1. The SMILES string of the molecule is CCOC(=O)/C=C/C[C@@H](NC(=O)OCc1ccccc1)P(=O)(OCC)OCC. The van der Waals surface area contributed by atoms with Crippen LogP contribution in [0.1, 0.15) is 32.8 Å². The first kappa shape index (κ1) is 23.9. The first-order valence-electron chi connectivity index (χ1n) is 9.14. The van der Waals surface area contributed by atoms with Crippen molar-refractivity contribution < 1.29 is 32.7 Å². The second-order valence-electron chi connectivity index (χ2n) is 5.49. The second kappa shape index (κ2) is 13.1. The first-order chi connectivity index (χ1) is 13.4. The number of carbonyl (C=O) groups is 2. The van der Waals surface area contributed by atoms with Gasteiger partial charge in [-0.25, -0.2) is 9.59 Å². The number of alkyl carbamates (subject to hydrolysis) is 1. The van der Waals surface area contributed by atoms with Crippen LogP contribution in [0.3, 0.4) is 0 Å². The van der Waals surface area contributed by atoms with Crippen LogP contribution >= 0.6 is 7.60 Å². The first-order valence-corrected chi connectivity index (χ1v) is 10.8. The van der Waals surface area contributed by atoms with Crippen molar-refractivity contribution in [2.75, 3.05) is 19.8 Å². The molecular weight excluding hydrogens is 385 g/mol. The predicted octanol–water partition coefficient (Wildman–Crippen LogP) is 4.01. The summed E-state index contributed by atoms with van der Waals surface area (Å²) in [7, 11) is -3.67. The Morgan fingerprint density at radius 2 is 1.68 bits per heavy atom. The molecule has 0 aliphatic heterocycles. The number of hydrogen-bond acceptors (Lipinski definition) is 7. The Morgan fingerprint density at radius 1 is 1.04 bits per heavy atom. The average Bonchev–Trinajstić information content (AvgIpc) is 2.67. The lowest BCUT2D eigenvalue weighted by Crippen LogP contribution is -2.36. The molecule has 1 aromatic carbocycles. The highest BCUT2D eigenvalue weighted by atomic mass is 31.2. The highest BCUT2D eigenvalue weighted by Crippen LogP contribution is 2.53. The molecule has 0 spiro atoms.